The fourth-order valence-electron chi connectivity index (χ4n) is 5.31. The van der Waals surface area contributed by atoms with Gasteiger partial charge >= 0.3 is 11.9 Å². The predicted octanol–water partition coefficient (Wildman–Crippen LogP) is 6.88. The van der Waals surface area contributed by atoms with Crippen LogP contribution in [0.25, 0.3) is 0 Å². The van der Waals surface area contributed by atoms with Crippen molar-refractivity contribution in [3.05, 3.63) is 73.9 Å². The summed E-state index contributed by atoms with van der Waals surface area (Å²) in [5.41, 5.74) is 0. The normalized spacial score (nSPS) is 21.5. The Labute approximate surface area is 306 Å². The minimum absolute atomic E-state index is 0.198. The van der Waals surface area contributed by atoms with E-state index in [1.54, 1.807) is 0 Å². The maximum Gasteiger partial charge on any atom is 0.306 e. The Morgan fingerprint density at radius 2 is 1.10 bits per heavy atom. The van der Waals surface area contributed by atoms with Crippen LogP contribution in [-0.2, 0) is 28.5 Å². The Morgan fingerprint density at radius 1 is 0.608 bits per heavy atom. The summed E-state index contributed by atoms with van der Waals surface area (Å²) in [6.45, 7) is 6.25. The van der Waals surface area contributed by atoms with Crippen molar-refractivity contribution >= 4 is 11.9 Å². The first-order valence-electron chi connectivity index (χ1n) is 18.9. The van der Waals surface area contributed by atoms with Crippen molar-refractivity contribution in [3.8, 4) is 0 Å². The molecular formula is C41H66O10. The second-order valence-corrected chi connectivity index (χ2v) is 12.8. The summed E-state index contributed by atoms with van der Waals surface area (Å²) in [5, 5.41) is 39.9. The van der Waals surface area contributed by atoms with Gasteiger partial charge in [0.05, 0.1) is 13.2 Å². The molecule has 1 saturated heterocycles. The number of aliphatic hydroxyl groups is 4. The van der Waals surface area contributed by atoms with E-state index in [-0.39, 0.29) is 26.1 Å². The Balaban J connectivity index is 2.42. The highest BCUT2D eigenvalue weighted by atomic mass is 16.7. The summed E-state index contributed by atoms with van der Waals surface area (Å²) >= 11 is 0. The maximum absolute atomic E-state index is 12.7. The molecule has 10 heteroatoms. The maximum atomic E-state index is 12.7. The highest BCUT2D eigenvalue weighted by molar-refractivity contribution is 5.70. The van der Waals surface area contributed by atoms with E-state index in [0.29, 0.717) is 12.8 Å². The number of esters is 2. The average Bonchev–Trinajstić information content (AvgIpc) is 3.13. The number of hydrogen-bond acceptors (Lipinski definition) is 10. The third kappa shape index (κ3) is 24.1. The van der Waals surface area contributed by atoms with Crippen molar-refractivity contribution in [2.75, 3.05) is 19.8 Å². The van der Waals surface area contributed by atoms with Crippen molar-refractivity contribution in [1.82, 2.24) is 0 Å². The SMILES string of the molecule is C=CC/C=C\C/C=C\CCCCCCCC(=O)OC[C@H](CO[C@@H]1O[C@H](CO)[C@H](O)[C@H](O)[C@H]1O)OC(=O)CCCCCCC/C=C\C/C=C/CC=C. The monoisotopic (exact) mass is 718 g/mol. The minimum atomic E-state index is -1.60. The van der Waals surface area contributed by atoms with Gasteiger partial charge in [-0.2, -0.15) is 0 Å². The van der Waals surface area contributed by atoms with E-state index in [1.165, 1.54) is 0 Å². The molecule has 6 atom stereocenters. The van der Waals surface area contributed by atoms with Gasteiger partial charge in [-0.3, -0.25) is 9.59 Å². The molecule has 10 nitrogen and oxygen atoms in total. The third-order valence-electron chi connectivity index (χ3n) is 8.34. The van der Waals surface area contributed by atoms with Gasteiger partial charge in [0, 0.05) is 12.8 Å². The summed E-state index contributed by atoms with van der Waals surface area (Å²) in [6.07, 6.45) is 28.4. The lowest BCUT2D eigenvalue weighted by atomic mass is 9.99. The van der Waals surface area contributed by atoms with Crippen molar-refractivity contribution in [3.63, 3.8) is 0 Å². The summed E-state index contributed by atoms with van der Waals surface area (Å²) in [5.74, 6) is -0.866. The van der Waals surface area contributed by atoms with Crippen molar-refractivity contribution in [2.45, 2.75) is 152 Å². The molecular weight excluding hydrogens is 652 g/mol. The van der Waals surface area contributed by atoms with Crippen LogP contribution in [0.2, 0.25) is 0 Å². The second kappa shape index (κ2) is 31.8. The third-order valence-corrected chi connectivity index (χ3v) is 8.34. The molecule has 0 unspecified atom stereocenters. The van der Waals surface area contributed by atoms with Crippen LogP contribution in [-0.4, -0.2) is 89.0 Å². The molecule has 1 aliphatic rings. The molecule has 1 rings (SSSR count). The molecule has 0 saturated carbocycles. The number of allylic oxidation sites excluding steroid dienone is 10. The van der Waals surface area contributed by atoms with Crippen molar-refractivity contribution < 1.29 is 49.0 Å². The highest BCUT2D eigenvalue weighted by Crippen LogP contribution is 2.22. The largest absolute Gasteiger partial charge is 0.462 e. The number of aliphatic hydroxyl groups excluding tert-OH is 4. The smallest absolute Gasteiger partial charge is 0.306 e. The van der Waals surface area contributed by atoms with E-state index in [2.05, 4.69) is 61.8 Å². The molecule has 1 aliphatic heterocycles. The van der Waals surface area contributed by atoms with Crippen LogP contribution in [0.1, 0.15) is 116 Å². The molecule has 1 fully saturated rings. The Hall–Kier alpha value is -2.86. The average molecular weight is 719 g/mol. The van der Waals surface area contributed by atoms with Gasteiger partial charge in [-0.25, -0.2) is 0 Å². The van der Waals surface area contributed by atoms with Crippen molar-refractivity contribution in [2.24, 2.45) is 0 Å². The van der Waals surface area contributed by atoms with Gasteiger partial charge in [0.15, 0.2) is 12.4 Å². The van der Waals surface area contributed by atoms with Crippen LogP contribution >= 0.6 is 0 Å². The highest BCUT2D eigenvalue weighted by Gasteiger charge is 2.44. The van der Waals surface area contributed by atoms with Gasteiger partial charge in [-0.05, 0) is 64.2 Å². The lowest BCUT2D eigenvalue weighted by Crippen LogP contribution is -2.59. The van der Waals surface area contributed by atoms with Crippen LogP contribution in [0.3, 0.4) is 0 Å². The van der Waals surface area contributed by atoms with E-state index in [4.69, 9.17) is 18.9 Å². The van der Waals surface area contributed by atoms with E-state index in [1.807, 2.05) is 12.2 Å². The van der Waals surface area contributed by atoms with E-state index >= 15 is 0 Å². The zero-order valence-corrected chi connectivity index (χ0v) is 30.7. The number of unbranched alkanes of at least 4 members (excludes halogenated alkanes) is 10. The summed E-state index contributed by atoms with van der Waals surface area (Å²) in [6, 6.07) is 0. The molecule has 0 aromatic carbocycles. The van der Waals surface area contributed by atoms with Gasteiger partial charge in [-0.1, -0.05) is 99.3 Å². The molecule has 51 heavy (non-hydrogen) atoms. The van der Waals surface area contributed by atoms with Gasteiger partial charge in [-0.15, -0.1) is 13.2 Å². The first-order chi connectivity index (χ1) is 24.8. The zero-order valence-electron chi connectivity index (χ0n) is 30.7. The van der Waals surface area contributed by atoms with Crippen LogP contribution in [0.15, 0.2) is 73.9 Å². The first kappa shape index (κ1) is 46.2. The van der Waals surface area contributed by atoms with Gasteiger partial charge in [0.25, 0.3) is 0 Å². The van der Waals surface area contributed by atoms with E-state index < -0.39 is 55.4 Å². The predicted molar refractivity (Wildman–Crippen MR) is 201 cm³/mol. The summed E-state index contributed by atoms with van der Waals surface area (Å²) in [4.78, 5) is 25.2. The van der Waals surface area contributed by atoms with E-state index in [0.717, 1.165) is 89.9 Å². The fraction of sp³-hybridized carbons (Fsp3) is 0.659. The van der Waals surface area contributed by atoms with Crippen LogP contribution in [0, 0.1) is 0 Å². The van der Waals surface area contributed by atoms with Gasteiger partial charge < -0.3 is 39.4 Å². The number of carbonyl (C=O) groups excluding carboxylic acids is 2. The number of ether oxygens (including phenoxy) is 4. The molecule has 0 spiro atoms. The van der Waals surface area contributed by atoms with Crippen LogP contribution in [0.5, 0.6) is 0 Å². The lowest BCUT2D eigenvalue weighted by Gasteiger charge is -2.39. The summed E-state index contributed by atoms with van der Waals surface area (Å²) in [7, 11) is 0. The molecule has 0 aromatic heterocycles. The Kier molecular flexibility index (Phi) is 28.8. The molecule has 1 heterocycles. The molecule has 4 N–H and O–H groups in total. The standard InChI is InChI=1S/C41H66O10/c1-3-5-7-9-11-13-15-17-19-21-23-25-27-29-36(43)48-32-34(33-49-41-40(47)39(46)38(45)35(31-42)51-41)50-37(44)30-28-26-24-22-20-18-16-14-12-10-8-6-4-2/h3-4,7-10,13-16,34-35,38-42,45-47H,1-2,5-6,11-12,17-33H2/b9-7-,10-8+,15-13-,16-14-/t34-,35-,38+,39+,40-,41-/m1/s1. The van der Waals surface area contributed by atoms with Crippen LogP contribution < -0.4 is 0 Å². The Morgan fingerprint density at radius 3 is 1.65 bits per heavy atom. The molecule has 0 bridgehead atoms. The topological polar surface area (TPSA) is 152 Å². The fourth-order valence-corrected chi connectivity index (χ4v) is 5.31. The second-order valence-electron chi connectivity index (χ2n) is 12.8. The number of carbonyl (C=O) groups is 2. The van der Waals surface area contributed by atoms with Crippen molar-refractivity contribution in [1.29, 1.82) is 0 Å². The number of hydrogen-bond donors (Lipinski definition) is 4. The molecule has 0 amide bonds. The zero-order chi connectivity index (χ0) is 37.4. The van der Waals surface area contributed by atoms with Gasteiger partial charge in [0.2, 0.25) is 0 Å². The molecule has 290 valence electrons. The van der Waals surface area contributed by atoms with Crippen LogP contribution in [0.4, 0.5) is 0 Å². The quantitative estimate of drug-likeness (QED) is 0.0339. The minimum Gasteiger partial charge on any atom is -0.462 e. The number of rotatable bonds is 31. The lowest BCUT2D eigenvalue weighted by molar-refractivity contribution is -0.305. The van der Waals surface area contributed by atoms with Gasteiger partial charge in [0.1, 0.15) is 31.0 Å². The van der Waals surface area contributed by atoms with E-state index in [9.17, 15) is 30.0 Å². The molecule has 0 aliphatic carbocycles. The molecule has 0 radical (unpaired) electrons. The Bertz CT molecular complexity index is 1030. The molecule has 0 aromatic rings. The first-order valence-corrected chi connectivity index (χ1v) is 18.9. The summed E-state index contributed by atoms with van der Waals surface area (Å²) < 4.78 is 22.0.